The van der Waals surface area contributed by atoms with Crippen LogP contribution in [0.4, 0.5) is 4.39 Å². The third kappa shape index (κ3) is 5.18. The number of sulfonamides is 1. The first-order chi connectivity index (χ1) is 9.22. The number of benzene rings is 1. The van der Waals surface area contributed by atoms with E-state index in [0.29, 0.717) is 0 Å². The lowest BCUT2D eigenvalue weighted by Crippen LogP contribution is -2.34. The van der Waals surface area contributed by atoms with Crippen molar-refractivity contribution < 1.29 is 17.6 Å². The first-order valence-electron chi connectivity index (χ1n) is 5.96. The highest BCUT2D eigenvalue weighted by molar-refractivity contribution is 9.10. The normalized spacial score (nSPS) is 11.7. The maximum atomic E-state index is 12.9. The predicted molar refractivity (Wildman–Crippen MR) is 77.2 cm³/mol. The molecule has 0 saturated heterocycles. The summed E-state index contributed by atoms with van der Waals surface area (Å²) < 4.78 is 39.3. The zero-order valence-corrected chi connectivity index (χ0v) is 13.5. The Morgan fingerprint density at radius 1 is 1.40 bits per heavy atom. The largest absolute Gasteiger partial charge is 0.354 e. The Kier molecular flexibility index (Phi) is 6.09. The van der Waals surface area contributed by atoms with Gasteiger partial charge in [-0.2, -0.15) is 0 Å². The predicted octanol–water partition coefficient (Wildman–Crippen LogP) is 1.78. The SMILES string of the molecule is CC(C)NC(=O)CCNS(=O)(=O)c1ccc(F)cc1Br. The van der Waals surface area contributed by atoms with Crippen LogP contribution in [-0.4, -0.2) is 26.9 Å². The molecule has 0 spiro atoms. The maximum Gasteiger partial charge on any atom is 0.241 e. The average Bonchev–Trinajstić information content (AvgIpc) is 2.26. The Hall–Kier alpha value is -0.990. The summed E-state index contributed by atoms with van der Waals surface area (Å²) in [5.74, 6) is -0.770. The van der Waals surface area contributed by atoms with E-state index in [-0.39, 0.29) is 34.3 Å². The fourth-order valence-electron chi connectivity index (χ4n) is 1.46. The molecule has 1 rings (SSSR count). The molecule has 0 bridgehead atoms. The number of rotatable bonds is 6. The van der Waals surface area contributed by atoms with Crippen LogP contribution in [-0.2, 0) is 14.8 Å². The maximum absolute atomic E-state index is 12.9. The summed E-state index contributed by atoms with van der Waals surface area (Å²) in [4.78, 5) is 11.3. The van der Waals surface area contributed by atoms with E-state index < -0.39 is 15.8 Å². The third-order valence-corrected chi connectivity index (χ3v) is 4.71. The molecule has 1 aromatic carbocycles. The molecule has 0 atom stereocenters. The smallest absolute Gasteiger partial charge is 0.241 e. The summed E-state index contributed by atoms with van der Waals surface area (Å²) in [6.07, 6.45) is 0.0379. The highest BCUT2D eigenvalue weighted by Crippen LogP contribution is 2.22. The van der Waals surface area contributed by atoms with Gasteiger partial charge in [-0.1, -0.05) is 0 Å². The Bertz CT molecular complexity index is 590. The molecular formula is C12H16BrFN2O3S. The lowest BCUT2D eigenvalue weighted by atomic mass is 10.3. The van der Waals surface area contributed by atoms with E-state index in [0.717, 1.165) is 18.2 Å². The molecule has 20 heavy (non-hydrogen) atoms. The topological polar surface area (TPSA) is 75.3 Å². The van der Waals surface area contributed by atoms with Crippen LogP contribution in [0.25, 0.3) is 0 Å². The van der Waals surface area contributed by atoms with Gasteiger partial charge in [0, 0.05) is 23.5 Å². The molecule has 2 N–H and O–H groups in total. The van der Waals surface area contributed by atoms with Gasteiger partial charge in [0.05, 0.1) is 4.90 Å². The number of carbonyl (C=O) groups is 1. The molecule has 1 aromatic rings. The number of amides is 1. The van der Waals surface area contributed by atoms with E-state index in [9.17, 15) is 17.6 Å². The van der Waals surface area contributed by atoms with Crippen LogP contribution in [0, 0.1) is 5.82 Å². The van der Waals surface area contributed by atoms with Crippen LogP contribution in [0.15, 0.2) is 27.6 Å². The van der Waals surface area contributed by atoms with E-state index in [1.165, 1.54) is 0 Å². The highest BCUT2D eigenvalue weighted by atomic mass is 79.9. The van der Waals surface area contributed by atoms with Crippen molar-refractivity contribution in [2.45, 2.75) is 31.2 Å². The van der Waals surface area contributed by atoms with Crippen molar-refractivity contribution in [2.75, 3.05) is 6.54 Å². The monoisotopic (exact) mass is 366 g/mol. The Morgan fingerprint density at radius 3 is 2.60 bits per heavy atom. The quantitative estimate of drug-likeness (QED) is 0.805. The van der Waals surface area contributed by atoms with Gasteiger partial charge in [-0.25, -0.2) is 17.5 Å². The Balaban J connectivity index is 2.64. The standard InChI is InChI=1S/C12H16BrFN2O3S/c1-8(2)16-12(17)5-6-15-20(18,19)11-4-3-9(14)7-10(11)13/h3-4,7-8,15H,5-6H2,1-2H3,(H,16,17). The summed E-state index contributed by atoms with van der Waals surface area (Å²) in [6, 6.07) is 3.30. The van der Waals surface area contributed by atoms with Crippen molar-refractivity contribution in [3.05, 3.63) is 28.5 Å². The van der Waals surface area contributed by atoms with Crippen molar-refractivity contribution in [2.24, 2.45) is 0 Å². The molecule has 0 saturated carbocycles. The number of hydrogen-bond acceptors (Lipinski definition) is 3. The fourth-order valence-corrected chi connectivity index (χ4v) is 3.54. The van der Waals surface area contributed by atoms with Crippen molar-refractivity contribution in [1.82, 2.24) is 10.0 Å². The molecule has 0 aliphatic heterocycles. The van der Waals surface area contributed by atoms with Gasteiger partial charge in [0.15, 0.2) is 0 Å². The van der Waals surface area contributed by atoms with Gasteiger partial charge < -0.3 is 5.32 Å². The van der Waals surface area contributed by atoms with E-state index >= 15 is 0 Å². The minimum absolute atomic E-state index is 0.00495. The summed E-state index contributed by atoms with van der Waals surface area (Å²) in [5.41, 5.74) is 0. The van der Waals surface area contributed by atoms with Crippen LogP contribution in [0.2, 0.25) is 0 Å². The number of hydrogen-bond donors (Lipinski definition) is 2. The van der Waals surface area contributed by atoms with Gasteiger partial charge in [0.2, 0.25) is 15.9 Å². The molecule has 0 fully saturated rings. The third-order valence-electron chi connectivity index (χ3n) is 2.28. The van der Waals surface area contributed by atoms with Crippen LogP contribution >= 0.6 is 15.9 Å². The number of carbonyl (C=O) groups excluding carboxylic acids is 1. The van der Waals surface area contributed by atoms with Crippen molar-refractivity contribution in [3.8, 4) is 0 Å². The summed E-state index contributed by atoms with van der Waals surface area (Å²) in [7, 11) is -3.78. The molecule has 0 aliphatic carbocycles. The molecule has 0 unspecified atom stereocenters. The highest BCUT2D eigenvalue weighted by Gasteiger charge is 2.18. The minimum atomic E-state index is -3.78. The zero-order valence-electron chi connectivity index (χ0n) is 11.1. The second-order valence-electron chi connectivity index (χ2n) is 4.44. The van der Waals surface area contributed by atoms with Crippen LogP contribution in [0.5, 0.6) is 0 Å². The van der Waals surface area contributed by atoms with Gasteiger partial charge >= 0.3 is 0 Å². The van der Waals surface area contributed by atoms with E-state index in [1.807, 2.05) is 13.8 Å². The minimum Gasteiger partial charge on any atom is -0.354 e. The van der Waals surface area contributed by atoms with E-state index in [1.54, 1.807) is 0 Å². The molecule has 0 radical (unpaired) electrons. The lowest BCUT2D eigenvalue weighted by Gasteiger charge is -2.10. The van der Waals surface area contributed by atoms with Gasteiger partial charge in [-0.3, -0.25) is 4.79 Å². The number of nitrogens with one attached hydrogen (secondary N) is 2. The number of halogens is 2. The van der Waals surface area contributed by atoms with Gasteiger partial charge in [-0.05, 0) is 48.0 Å². The van der Waals surface area contributed by atoms with Crippen molar-refractivity contribution >= 4 is 31.9 Å². The van der Waals surface area contributed by atoms with E-state index in [2.05, 4.69) is 26.0 Å². The fraction of sp³-hybridized carbons (Fsp3) is 0.417. The molecule has 0 aromatic heterocycles. The van der Waals surface area contributed by atoms with E-state index in [4.69, 9.17) is 0 Å². The Morgan fingerprint density at radius 2 is 2.05 bits per heavy atom. The summed E-state index contributed by atoms with van der Waals surface area (Å²) in [5, 5.41) is 2.66. The van der Waals surface area contributed by atoms with Gasteiger partial charge in [0.25, 0.3) is 0 Å². The van der Waals surface area contributed by atoms with Crippen LogP contribution < -0.4 is 10.0 Å². The zero-order chi connectivity index (χ0) is 15.3. The summed E-state index contributed by atoms with van der Waals surface area (Å²) >= 11 is 3.00. The molecule has 8 heteroatoms. The first-order valence-corrected chi connectivity index (χ1v) is 8.24. The molecule has 1 amide bonds. The molecule has 112 valence electrons. The lowest BCUT2D eigenvalue weighted by molar-refractivity contribution is -0.121. The van der Waals surface area contributed by atoms with Crippen molar-refractivity contribution in [1.29, 1.82) is 0 Å². The molecule has 0 heterocycles. The molecule has 0 aliphatic rings. The average molecular weight is 367 g/mol. The van der Waals surface area contributed by atoms with Crippen LogP contribution in [0.1, 0.15) is 20.3 Å². The second kappa shape index (κ2) is 7.14. The van der Waals surface area contributed by atoms with Crippen LogP contribution in [0.3, 0.4) is 0 Å². The van der Waals surface area contributed by atoms with Crippen molar-refractivity contribution in [3.63, 3.8) is 0 Å². The second-order valence-corrected chi connectivity index (χ2v) is 7.03. The summed E-state index contributed by atoms with van der Waals surface area (Å²) in [6.45, 7) is 3.61. The van der Waals surface area contributed by atoms with Gasteiger partial charge in [-0.15, -0.1) is 0 Å². The van der Waals surface area contributed by atoms with Gasteiger partial charge in [0.1, 0.15) is 5.82 Å². The molecule has 5 nitrogen and oxygen atoms in total. The first kappa shape index (κ1) is 17.1. The Labute approximate surface area is 126 Å². The molecular weight excluding hydrogens is 351 g/mol.